The van der Waals surface area contributed by atoms with E-state index in [0.717, 1.165) is 12.8 Å². The molecule has 1 aliphatic rings. The van der Waals surface area contributed by atoms with Crippen molar-refractivity contribution in [2.24, 2.45) is 0 Å². The van der Waals surface area contributed by atoms with Crippen molar-refractivity contribution in [1.82, 2.24) is 0 Å². The van der Waals surface area contributed by atoms with Crippen LogP contribution < -0.4 is 0 Å². The summed E-state index contributed by atoms with van der Waals surface area (Å²) in [6.07, 6.45) is 7.51. The number of carbonyl (C=O) groups is 2. The van der Waals surface area contributed by atoms with Crippen LogP contribution in [0.25, 0.3) is 0 Å². The van der Waals surface area contributed by atoms with Crippen LogP contribution in [0.5, 0.6) is 0 Å². The van der Waals surface area contributed by atoms with E-state index in [4.69, 9.17) is 0 Å². The number of rotatable bonds is 4. The Morgan fingerprint density at radius 1 is 1.00 bits per heavy atom. The molecular weight excluding hydrogens is 212 g/mol. The molecule has 0 aromatic heterocycles. The van der Waals surface area contributed by atoms with Gasteiger partial charge in [0.25, 0.3) is 0 Å². The van der Waals surface area contributed by atoms with Gasteiger partial charge in [-0.3, -0.25) is 9.59 Å². The van der Waals surface area contributed by atoms with Gasteiger partial charge in [-0.15, -0.1) is 0 Å². The van der Waals surface area contributed by atoms with Crippen LogP contribution in [0.1, 0.15) is 29.6 Å². The minimum absolute atomic E-state index is 0.0415. The Morgan fingerprint density at radius 3 is 2.41 bits per heavy atom. The Labute approximate surface area is 101 Å². The fraction of sp³-hybridized carbons (Fsp3) is 0.200. The van der Waals surface area contributed by atoms with Crippen LogP contribution >= 0.6 is 0 Å². The van der Waals surface area contributed by atoms with Gasteiger partial charge in [0.2, 0.25) is 0 Å². The second-order valence-electron chi connectivity index (χ2n) is 4.03. The molecule has 0 amide bonds. The summed E-state index contributed by atoms with van der Waals surface area (Å²) in [4.78, 5) is 23.7. The monoisotopic (exact) mass is 226 g/mol. The molecule has 0 spiro atoms. The van der Waals surface area contributed by atoms with Gasteiger partial charge in [0.15, 0.2) is 11.6 Å². The molecule has 0 bridgehead atoms. The van der Waals surface area contributed by atoms with Crippen molar-refractivity contribution in [3.63, 3.8) is 0 Å². The minimum Gasteiger partial charge on any atom is -0.294 e. The van der Waals surface area contributed by atoms with Crippen LogP contribution in [0.2, 0.25) is 0 Å². The normalized spacial score (nSPS) is 14.2. The number of Topliss-reactive ketones (excluding diaryl/α,β-unsaturated/α-hetero) is 2. The Balaban J connectivity index is 2.02. The largest absolute Gasteiger partial charge is 0.294 e. The van der Waals surface area contributed by atoms with E-state index in [0.29, 0.717) is 11.1 Å². The lowest BCUT2D eigenvalue weighted by Crippen LogP contribution is -2.10. The third kappa shape index (κ3) is 3.00. The molecular formula is C15H14O2. The van der Waals surface area contributed by atoms with Crippen LogP contribution in [0, 0.1) is 0 Å². The Hall–Kier alpha value is -1.96. The zero-order valence-corrected chi connectivity index (χ0v) is 9.56. The standard InChI is InChI=1S/C15H14O2/c16-14(12-7-3-1-4-8-12)11-15(17)13-9-5-2-6-10-13/h1,3-5,7-10H,2,6,11H2. The van der Waals surface area contributed by atoms with E-state index in [1.807, 2.05) is 24.3 Å². The molecule has 0 heterocycles. The molecule has 86 valence electrons. The van der Waals surface area contributed by atoms with Crippen molar-refractivity contribution in [1.29, 1.82) is 0 Å². The van der Waals surface area contributed by atoms with E-state index < -0.39 is 0 Å². The molecule has 0 saturated heterocycles. The molecule has 2 nitrogen and oxygen atoms in total. The van der Waals surface area contributed by atoms with Crippen molar-refractivity contribution >= 4 is 11.6 Å². The first-order valence-electron chi connectivity index (χ1n) is 5.75. The molecule has 1 aromatic carbocycles. The van der Waals surface area contributed by atoms with Gasteiger partial charge in [-0.25, -0.2) is 0 Å². The first kappa shape index (κ1) is 11.5. The second-order valence-corrected chi connectivity index (χ2v) is 4.03. The molecule has 1 aliphatic carbocycles. The summed E-state index contributed by atoms with van der Waals surface area (Å²) in [5.74, 6) is -0.203. The number of carbonyl (C=O) groups excluding carboxylic acids is 2. The number of allylic oxidation sites excluding steroid dienone is 4. The van der Waals surface area contributed by atoms with Gasteiger partial charge < -0.3 is 0 Å². The molecule has 0 fully saturated rings. The van der Waals surface area contributed by atoms with Crippen molar-refractivity contribution < 1.29 is 9.59 Å². The zero-order chi connectivity index (χ0) is 12.1. The van der Waals surface area contributed by atoms with Gasteiger partial charge in [0.05, 0.1) is 6.42 Å². The smallest absolute Gasteiger partial charge is 0.170 e. The minimum atomic E-state index is -0.115. The van der Waals surface area contributed by atoms with E-state index in [1.54, 1.807) is 24.3 Å². The van der Waals surface area contributed by atoms with Gasteiger partial charge in [-0.1, -0.05) is 48.6 Å². The molecule has 0 radical (unpaired) electrons. The van der Waals surface area contributed by atoms with Gasteiger partial charge in [-0.05, 0) is 12.8 Å². The highest BCUT2D eigenvalue weighted by atomic mass is 16.1. The number of ketones is 2. The maximum absolute atomic E-state index is 11.8. The highest BCUT2D eigenvalue weighted by Crippen LogP contribution is 2.13. The highest BCUT2D eigenvalue weighted by molar-refractivity contribution is 6.14. The molecule has 0 N–H and O–H groups in total. The molecule has 17 heavy (non-hydrogen) atoms. The molecule has 0 aliphatic heterocycles. The predicted molar refractivity (Wildman–Crippen MR) is 66.9 cm³/mol. The van der Waals surface area contributed by atoms with E-state index in [-0.39, 0.29) is 18.0 Å². The lowest BCUT2D eigenvalue weighted by molar-refractivity contribution is -0.114. The summed E-state index contributed by atoms with van der Waals surface area (Å²) >= 11 is 0. The third-order valence-corrected chi connectivity index (χ3v) is 2.73. The summed E-state index contributed by atoms with van der Waals surface area (Å²) in [6.45, 7) is 0. The SMILES string of the molecule is O=C(CC(=O)c1ccccc1)C1=CCCC=C1. The van der Waals surface area contributed by atoms with Crippen molar-refractivity contribution in [2.45, 2.75) is 19.3 Å². The Morgan fingerprint density at radius 2 is 1.76 bits per heavy atom. The topological polar surface area (TPSA) is 34.1 Å². The van der Waals surface area contributed by atoms with Crippen LogP contribution in [0.15, 0.2) is 54.1 Å². The van der Waals surface area contributed by atoms with Crippen molar-refractivity contribution in [3.8, 4) is 0 Å². The maximum atomic E-state index is 11.8. The molecule has 2 heteroatoms. The summed E-state index contributed by atoms with van der Waals surface area (Å²) in [5, 5.41) is 0. The quantitative estimate of drug-likeness (QED) is 0.584. The highest BCUT2D eigenvalue weighted by Gasteiger charge is 2.14. The van der Waals surface area contributed by atoms with E-state index in [1.165, 1.54) is 0 Å². The van der Waals surface area contributed by atoms with Crippen LogP contribution in [0.4, 0.5) is 0 Å². The summed E-state index contributed by atoms with van der Waals surface area (Å²) < 4.78 is 0. The molecule has 0 atom stereocenters. The lowest BCUT2D eigenvalue weighted by atomic mass is 9.98. The predicted octanol–water partition coefficient (Wildman–Crippen LogP) is 3.10. The lowest BCUT2D eigenvalue weighted by Gasteiger charge is -2.05. The second kappa shape index (κ2) is 5.39. The summed E-state index contributed by atoms with van der Waals surface area (Å²) in [7, 11) is 0. The average Bonchev–Trinajstić information content (AvgIpc) is 2.40. The summed E-state index contributed by atoms with van der Waals surface area (Å²) in [6, 6.07) is 8.93. The van der Waals surface area contributed by atoms with E-state index in [2.05, 4.69) is 0 Å². The van der Waals surface area contributed by atoms with Gasteiger partial charge >= 0.3 is 0 Å². The zero-order valence-electron chi connectivity index (χ0n) is 9.56. The molecule has 1 aromatic rings. The van der Waals surface area contributed by atoms with Crippen LogP contribution in [-0.4, -0.2) is 11.6 Å². The molecule has 0 saturated carbocycles. The number of hydrogen-bond donors (Lipinski definition) is 0. The fourth-order valence-corrected chi connectivity index (χ4v) is 1.79. The fourth-order valence-electron chi connectivity index (χ4n) is 1.79. The Bertz CT molecular complexity index is 481. The van der Waals surface area contributed by atoms with E-state index in [9.17, 15) is 9.59 Å². The van der Waals surface area contributed by atoms with Crippen molar-refractivity contribution in [2.75, 3.05) is 0 Å². The summed E-state index contributed by atoms with van der Waals surface area (Å²) in [5.41, 5.74) is 1.27. The van der Waals surface area contributed by atoms with Gasteiger partial charge in [0, 0.05) is 11.1 Å². The van der Waals surface area contributed by atoms with Gasteiger partial charge in [0.1, 0.15) is 0 Å². The first-order chi connectivity index (χ1) is 8.27. The third-order valence-electron chi connectivity index (χ3n) is 2.73. The van der Waals surface area contributed by atoms with E-state index >= 15 is 0 Å². The van der Waals surface area contributed by atoms with Crippen LogP contribution in [0.3, 0.4) is 0 Å². The van der Waals surface area contributed by atoms with Crippen molar-refractivity contribution in [3.05, 3.63) is 59.7 Å². The number of hydrogen-bond acceptors (Lipinski definition) is 2. The molecule has 2 rings (SSSR count). The maximum Gasteiger partial charge on any atom is 0.170 e. The average molecular weight is 226 g/mol. The van der Waals surface area contributed by atoms with Crippen LogP contribution in [-0.2, 0) is 4.79 Å². The number of benzene rings is 1. The first-order valence-corrected chi connectivity index (χ1v) is 5.75. The Kier molecular flexibility index (Phi) is 3.66. The molecule has 0 unspecified atom stereocenters. The van der Waals surface area contributed by atoms with Gasteiger partial charge in [-0.2, -0.15) is 0 Å².